The van der Waals surface area contributed by atoms with E-state index in [2.05, 4.69) is 120 Å². The van der Waals surface area contributed by atoms with Gasteiger partial charge in [-0.25, -0.2) is 9.97 Å². The fourth-order valence-corrected chi connectivity index (χ4v) is 8.70. The maximum atomic E-state index is 6.91. The molecule has 71 heavy (non-hydrogen) atoms. The van der Waals surface area contributed by atoms with Crippen LogP contribution in [0.5, 0.6) is 11.5 Å². The molecule has 12 rings (SSSR count). The molecule has 0 unspecified atom stereocenters. The van der Waals surface area contributed by atoms with Gasteiger partial charge in [0.2, 0.25) is 0 Å². The summed E-state index contributed by atoms with van der Waals surface area (Å²) >= 11 is 0. The minimum Gasteiger partial charge on any atom is -0.457 e. The monoisotopic (exact) mass is 917 g/mol. The zero-order valence-corrected chi connectivity index (χ0v) is 37.8. The van der Waals surface area contributed by atoms with Gasteiger partial charge in [-0.1, -0.05) is 84.9 Å². The van der Waals surface area contributed by atoms with Gasteiger partial charge in [0, 0.05) is 81.3 Å². The van der Waals surface area contributed by atoms with Crippen molar-refractivity contribution in [1.82, 2.24) is 54.4 Å². The van der Waals surface area contributed by atoms with E-state index in [1.807, 2.05) is 112 Å². The molecular formula is C59H39N11O. The first kappa shape index (κ1) is 42.3. The Balaban J connectivity index is 1.00. The standard InChI is InChI=1S/C59H39N11O/c1-2-14-51(52-27-22-43(57-63-31-10-32-64-57)37-56(52)71-49-12-9-11-42(36-49)55-17-5-8-30-62-55)50(13-1)44-33-45(58-67-65-38-69(58)47-23-18-40(19-24-47)53-15-3-6-28-60-53)35-46(34-44)59-68-66-39-70(59)48-25-20-41(21-26-48)54-16-4-7-29-61-54/h1-39H. The van der Waals surface area contributed by atoms with Gasteiger partial charge in [0.15, 0.2) is 17.5 Å². The fourth-order valence-electron chi connectivity index (χ4n) is 8.70. The number of nitrogens with zero attached hydrogens (tertiary/aromatic N) is 11. The van der Waals surface area contributed by atoms with Gasteiger partial charge in [0.25, 0.3) is 0 Å². The van der Waals surface area contributed by atoms with E-state index in [9.17, 15) is 0 Å². The Morgan fingerprint density at radius 1 is 0.324 bits per heavy atom. The maximum Gasteiger partial charge on any atom is 0.168 e. The first-order valence-corrected chi connectivity index (χ1v) is 22.9. The number of rotatable bonds is 12. The first-order valence-electron chi connectivity index (χ1n) is 22.9. The predicted molar refractivity (Wildman–Crippen MR) is 275 cm³/mol. The van der Waals surface area contributed by atoms with Crippen molar-refractivity contribution < 1.29 is 4.74 Å². The van der Waals surface area contributed by atoms with Crippen LogP contribution in [0.1, 0.15) is 0 Å². The largest absolute Gasteiger partial charge is 0.457 e. The molecule has 0 aliphatic heterocycles. The highest BCUT2D eigenvalue weighted by Gasteiger charge is 2.21. The van der Waals surface area contributed by atoms with Gasteiger partial charge in [0.1, 0.15) is 24.2 Å². The molecule has 0 N–H and O–H groups in total. The molecule has 6 heterocycles. The Kier molecular flexibility index (Phi) is 11.3. The number of pyridine rings is 3. The van der Waals surface area contributed by atoms with Crippen LogP contribution in [0, 0.1) is 0 Å². The molecule has 0 aliphatic carbocycles. The van der Waals surface area contributed by atoms with Crippen LogP contribution in [0.25, 0.3) is 102 Å². The molecule has 0 saturated heterocycles. The molecule has 12 heteroatoms. The number of benzene rings is 6. The molecule has 0 atom stereocenters. The van der Waals surface area contributed by atoms with Crippen LogP contribution in [0.3, 0.4) is 0 Å². The molecular weight excluding hydrogens is 879 g/mol. The van der Waals surface area contributed by atoms with E-state index in [1.54, 1.807) is 49.7 Å². The van der Waals surface area contributed by atoms with E-state index >= 15 is 0 Å². The first-order chi connectivity index (χ1) is 35.2. The molecule has 0 fully saturated rings. The van der Waals surface area contributed by atoms with Crippen molar-refractivity contribution in [3.05, 3.63) is 238 Å². The Labute approximate surface area is 408 Å². The SMILES string of the molecule is c1ccc(-c2ccc(-n3cnnc3-c3cc(-c4ccccc4-c4ccc(-c5ncccn5)cc4Oc4cccc(-c5ccccn5)c4)cc(-c4nncn4-c4ccc(-c5ccccn5)cc4)c3)cc2)nc1. The second kappa shape index (κ2) is 18.9. The van der Waals surface area contributed by atoms with Gasteiger partial charge in [-0.05, 0) is 126 Å². The lowest BCUT2D eigenvalue weighted by atomic mass is 9.91. The molecule has 6 aromatic heterocycles. The molecule has 0 spiro atoms. The Hall–Kier alpha value is -10.1. The minimum atomic E-state index is 0.586. The van der Waals surface area contributed by atoms with Crippen molar-refractivity contribution in [1.29, 1.82) is 0 Å². The summed E-state index contributed by atoms with van der Waals surface area (Å²) in [6, 6.07) is 64.7. The van der Waals surface area contributed by atoms with E-state index in [1.165, 1.54) is 0 Å². The fraction of sp³-hybridized carbons (Fsp3) is 0. The van der Waals surface area contributed by atoms with E-state index < -0.39 is 0 Å². The Morgan fingerprint density at radius 3 is 1.39 bits per heavy atom. The maximum absolute atomic E-state index is 6.91. The molecule has 0 amide bonds. The number of ether oxygens (including phenoxy) is 1. The zero-order valence-electron chi connectivity index (χ0n) is 37.8. The Morgan fingerprint density at radius 2 is 0.831 bits per heavy atom. The summed E-state index contributed by atoms with van der Waals surface area (Å²) in [7, 11) is 0. The quantitative estimate of drug-likeness (QED) is 0.116. The lowest BCUT2D eigenvalue weighted by molar-refractivity contribution is 0.485. The van der Waals surface area contributed by atoms with E-state index in [-0.39, 0.29) is 0 Å². The van der Waals surface area contributed by atoms with Gasteiger partial charge in [0.05, 0.1) is 17.1 Å². The number of hydrogen-bond donors (Lipinski definition) is 0. The van der Waals surface area contributed by atoms with Crippen LogP contribution in [0.4, 0.5) is 0 Å². The van der Waals surface area contributed by atoms with Crippen LogP contribution in [0.2, 0.25) is 0 Å². The third-order valence-corrected chi connectivity index (χ3v) is 12.1. The molecule has 12 aromatic rings. The summed E-state index contributed by atoms with van der Waals surface area (Å²) in [5.74, 6) is 3.15. The average molecular weight is 918 g/mol. The highest BCUT2D eigenvalue weighted by atomic mass is 16.5. The van der Waals surface area contributed by atoms with Crippen molar-refractivity contribution in [3.8, 4) is 113 Å². The van der Waals surface area contributed by atoms with E-state index in [4.69, 9.17) is 14.9 Å². The van der Waals surface area contributed by atoms with Crippen LogP contribution in [-0.2, 0) is 0 Å². The van der Waals surface area contributed by atoms with Crippen LogP contribution in [0.15, 0.2) is 238 Å². The molecule has 0 aliphatic rings. The highest BCUT2D eigenvalue weighted by molar-refractivity contribution is 5.90. The van der Waals surface area contributed by atoms with Gasteiger partial charge < -0.3 is 4.74 Å². The summed E-state index contributed by atoms with van der Waals surface area (Å²) in [5, 5.41) is 18.4. The highest BCUT2D eigenvalue weighted by Crippen LogP contribution is 2.43. The second-order valence-electron chi connectivity index (χ2n) is 16.5. The van der Waals surface area contributed by atoms with Gasteiger partial charge in [-0.15, -0.1) is 20.4 Å². The number of aromatic nitrogens is 11. The summed E-state index contributed by atoms with van der Waals surface area (Å²) in [6.45, 7) is 0. The average Bonchev–Trinajstić information content (AvgIpc) is 4.16. The van der Waals surface area contributed by atoms with Crippen LogP contribution in [-0.4, -0.2) is 54.4 Å². The molecule has 336 valence electrons. The summed E-state index contributed by atoms with van der Waals surface area (Å²) in [4.78, 5) is 22.8. The lowest BCUT2D eigenvalue weighted by Gasteiger charge is -2.18. The van der Waals surface area contributed by atoms with Gasteiger partial charge in [-0.2, -0.15) is 0 Å². The molecule has 0 saturated carbocycles. The molecule has 0 radical (unpaired) electrons. The molecule has 0 bridgehead atoms. The second-order valence-corrected chi connectivity index (χ2v) is 16.5. The topological polar surface area (TPSA) is 135 Å². The smallest absolute Gasteiger partial charge is 0.168 e. The summed E-state index contributed by atoms with van der Waals surface area (Å²) in [5.41, 5.74) is 13.5. The normalized spacial score (nSPS) is 11.1. The summed E-state index contributed by atoms with van der Waals surface area (Å²) in [6.07, 6.45) is 12.3. The van der Waals surface area contributed by atoms with Crippen LogP contribution >= 0.6 is 0 Å². The van der Waals surface area contributed by atoms with Crippen molar-refractivity contribution in [2.24, 2.45) is 0 Å². The van der Waals surface area contributed by atoms with E-state index in [0.29, 0.717) is 29.0 Å². The van der Waals surface area contributed by atoms with Crippen LogP contribution < -0.4 is 4.74 Å². The zero-order chi connectivity index (χ0) is 47.3. The predicted octanol–water partition coefficient (Wildman–Crippen LogP) is 13.0. The van der Waals surface area contributed by atoms with Gasteiger partial charge in [-0.3, -0.25) is 24.1 Å². The van der Waals surface area contributed by atoms with Crippen molar-refractivity contribution >= 4 is 0 Å². The number of hydrogen-bond acceptors (Lipinski definition) is 10. The lowest BCUT2D eigenvalue weighted by Crippen LogP contribution is -2.00. The van der Waals surface area contributed by atoms with Gasteiger partial charge >= 0.3 is 0 Å². The molecule has 6 aromatic carbocycles. The summed E-state index contributed by atoms with van der Waals surface area (Å²) < 4.78 is 10.9. The van der Waals surface area contributed by atoms with Crippen molar-refractivity contribution in [3.63, 3.8) is 0 Å². The van der Waals surface area contributed by atoms with E-state index in [0.717, 1.165) is 84.1 Å². The van der Waals surface area contributed by atoms with Crippen molar-refractivity contribution in [2.75, 3.05) is 0 Å². The minimum absolute atomic E-state index is 0.586. The molecule has 12 nitrogen and oxygen atoms in total. The third kappa shape index (κ3) is 8.71. The Bertz CT molecular complexity index is 3630. The van der Waals surface area contributed by atoms with Crippen molar-refractivity contribution in [2.45, 2.75) is 0 Å². The third-order valence-electron chi connectivity index (χ3n) is 12.1.